The minimum atomic E-state index is 0.222. The van der Waals surface area contributed by atoms with Crippen LogP contribution in [0.3, 0.4) is 0 Å². The van der Waals surface area contributed by atoms with Gasteiger partial charge in [-0.15, -0.1) is 20.7 Å². The van der Waals surface area contributed by atoms with Crippen molar-refractivity contribution in [3.05, 3.63) is 0 Å². The topological polar surface area (TPSA) is 3.24 Å². The Balaban J connectivity index is 2.38. The van der Waals surface area contributed by atoms with Gasteiger partial charge in [0.2, 0.25) is 0 Å². The second-order valence-corrected chi connectivity index (χ2v) is 4.88. The van der Waals surface area contributed by atoms with E-state index in [9.17, 15) is 0 Å². The summed E-state index contributed by atoms with van der Waals surface area (Å²) in [6.07, 6.45) is 4.24. The van der Waals surface area contributed by atoms with Gasteiger partial charge in [-0.05, 0) is 32.9 Å². The Morgan fingerprint density at radius 1 is 1.56 bits per heavy atom. The molecule has 1 saturated heterocycles. The third-order valence-electron chi connectivity index (χ3n) is 1.86. The maximum absolute atomic E-state index is 4.03. The van der Waals surface area contributed by atoms with Gasteiger partial charge in [-0.2, -0.15) is 0 Å². The maximum Gasteiger partial charge on any atom is 0.0562 e. The zero-order chi connectivity index (χ0) is 6.69. The van der Waals surface area contributed by atoms with Crippen LogP contribution < -0.4 is 0 Å². The van der Waals surface area contributed by atoms with E-state index < -0.39 is 0 Å². The van der Waals surface area contributed by atoms with Crippen LogP contribution in [0.5, 0.6) is 0 Å². The second-order valence-electron chi connectivity index (χ2n) is 2.57. The molecule has 1 unspecified atom stereocenters. The molecule has 1 atom stereocenters. The Morgan fingerprint density at radius 3 is 2.78 bits per heavy atom. The minimum Gasteiger partial charge on any atom is -0.295 e. The molecule has 1 aliphatic heterocycles. The second kappa shape index (κ2) is 3.66. The van der Waals surface area contributed by atoms with Crippen molar-refractivity contribution >= 4 is 25.2 Å². The SMILES string of the molecule is C=IC1CCCCN1C. The smallest absolute Gasteiger partial charge is 0.0562 e. The fraction of sp³-hybridized carbons (Fsp3) is 0.857. The molecule has 0 amide bonds. The van der Waals surface area contributed by atoms with Crippen molar-refractivity contribution < 1.29 is 0 Å². The van der Waals surface area contributed by atoms with Gasteiger partial charge in [0.25, 0.3) is 0 Å². The van der Waals surface area contributed by atoms with Crippen molar-refractivity contribution in [2.45, 2.75) is 23.3 Å². The van der Waals surface area contributed by atoms with E-state index in [1.807, 2.05) is 0 Å². The average molecular weight is 239 g/mol. The highest BCUT2D eigenvalue weighted by atomic mass is 127. The van der Waals surface area contributed by atoms with Crippen molar-refractivity contribution in [2.24, 2.45) is 0 Å². The number of hydrogen-bond acceptors (Lipinski definition) is 1. The fourth-order valence-electron chi connectivity index (χ4n) is 1.23. The highest BCUT2D eigenvalue weighted by molar-refractivity contribution is 14.2. The lowest BCUT2D eigenvalue weighted by molar-refractivity contribution is 0.263. The molecular weight excluding hydrogens is 225 g/mol. The molecule has 0 bridgehead atoms. The van der Waals surface area contributed by atoms with E-state index >= 15 is 0 Å². The summed E-state index contributed by atoms with van der Waals surface area (Å²) in [5.41, 5.74) is 0. The normalized spacial score (nSPS) is 30.6. The molecule has 0 N–H and O–H groups in total. The number of halogens is 1. The number of rotatable bonds is 1. The van der Waals surface area contributed by atoms with Gasteiger partial charge in [0.1, 0.15) is 0 Å². The molecule has 0 saturated carbocycles. The van der Waals surface area contributed by atoms with E-state index in [1.54, 1.807) is 0 Å². The summed E-state index contributed by atoms with van der Waals surface area (Å²) in [6.45, 7) is 1.31. The molecule has 0 spiro atoms. The van der Waals surface area contributed by atoms with E-state index in [0.29, 0.717) is 0 Å². The highest BCUT2D eigenvalue weighted by Crippen LogP contribution is 2.22. The monoisotopic (exact) mass is 239 g/mol. The summed E-state index contributed by atoms with van der Waals surface area (Å²) in [6, 6.07) is 0. The van der Waals surface area contributed by atoms with Gasteiger partial charge in [0, 0.05) is 0 Å². The van der Waals surface area contributed by atoms with Crippen molar-refractivity contribution in [1.82, 2.24) is 4.90 Å². The fourth-order valence-corrected chi connectivity index (χ4v) is 3.06. The first-order valence-corrected chi connectivity index (χ1v) is 6.19. The van der Waals surface area contributed by atoms with Crippen LogP contribution in [0.15, 0.2) is 0 Å². The average Bonchev–Trinajstić information content (AvgIpc) is 1.89. The zero-order valence-electron chi connectivity index (χ0n) is 5.94. The molecule has 1 heterocycles. The first-order valence-electron chi connectivity index (χ1n) is 3.42. The quantitative estimate of drug-likeness (QED) is 0.383. The van der Waals surface area contributed by atoms with E-state index in [2.05, 4.69) is 16.5 Å². The summed E-state index contributed by atoms with van der Waals surface area (Å²) in [4.78, 5) is 2.48. The molecule has 0 aliphatic carbocycles. The third-order valence-corrected chi connectivity index (χ3v) is 4.45. The number of alkyl halides is 1. The predicted molar refractivity (Wildman–Crippen MR) is 51.4 cm³/mol. The van der Waals surface area contributed by atoms with Gasteiger partial charge in [0.05, 0.1) is 4.05 Å². The Labute approximate surface area is 67.2 Å². The molecule has 1 nitrogen and oxygen atoms in total. The molecule has 54 valence electrons. The van der Waals surface area contributed by atoms with Gasteiger partial charge < -0.3 is 0 Å². The Hall–Kier alpha value is 0.560. The van der Waals surface area contributed by atoms with Gasteiger partial charge >= 0.3 is 0 Å². The summed E-state index contributed by atoms with van der Waals surface area (Å²) < 4.78 is 4.91. The van der Waals surface area contributed by atoms with Crippen LogP contribution in [0.25, 0.3) is 0 Å². The molecule has 2 heteroatoms. The first-order chi connectivity index (χ1) is 4.34. The predicted octanol–water partition coefficient (Wildman–Crippen LogP) is 1.83. The van der Waals surface area contributed by atoms with Gasteiger partial charge in [-0.25, -0.2) is 0 Å². The van der Waals surface area contributed by atoms with Crippen molar-refractivity contribution in [3.8, 4) is 0 Å². The Bertz CT molecular complexity index is 103. The van der Waals surface area contributed by atoms with Crippen molar-refractivity contribution in [2.75, 3.05) is 13.6 Å². The summed E-state index contributed by atoms with van der Waals surface area (Å²) in [5, 5.41) is 0. The summed E-state index contributed by atoms with van der Waals surface area (Å²) >= 11 is 0.222. The van der Waals surface area contributed by atoms with Gasteiger partial charge in [-0.1, -0.05) is 4.51 Å². The van der Waals surface area contributed by atoms with Crippen molar-refractivity contribution in [1.29, 1.82) is 0 Å². The molecule has 0 aromatic carbocycles. The van der Waals surface area contributed by atoms with Crippen LogP contribution in [-0.4, -0.2) is 27.1 Å². The molecule has 0 aromatic rings. The van der Waals surface area contributed by atoms with Gasteiger partial charge in [0.15, 0.2) is 0 Å². The van der Waals surface area contributed by atoms with E-state index in [0.717, 1.165) is 4.05 Å². The van der Waals surface area contributed by atoms with Crippen LogP contribution in [0.1, 0.15) is 19.3 Å². The Morgan fingerprint density at radius 2 is 2.33 bits per heavy atom. The highest BCUT2D eigenvalue weighted by Gasteiger charge is 2.14. The van der Waals surface area contributed by atoms with E-state index in [1.165, 1.54) is 25.8 Å². The molecule has 1 aliphatic rings. The molecule has 9 heavy (non-hydrogen) atoms. The minimum absolute atomic E-state index is 0.222. The van der Waals surface area contributed by atoms with Gasteiger partial charge in [-0.3, -0.25) is 4.90 Å². The number of piperidine rings is 1. The zero-order valence-corrected chi connectivity index (χ0v) is 8.10. The van der Waals surface area contributed by atoms with Crippen molar-refractivity contribution in [3.63, 3.8) is 0 Å². The molecule has 1 rings (SSSR count). The molecular formula is C7H14IN. The number of nitrogens with zero attached hydrogens (tertiary/aromatic N) is 1. The first kappa shape index (κ1) is 7.66. The molecule has 1 fully saturated rings. The van der Waals surface area contributed by atoms with Crippen LogP contribution in [0, 0.1) is 0 Å². The lowest BCUT2D eigenvalue weighted by atomic mass is 10.1. The summed E-state index contributed by atoms with van der Waals surface area (Å²) in [7, 11) is 2.23. The standard InChI is InChI=1S/C7H14IN/c1-8-7-5-3-4-6-9(7)2/h7H,1,3-6H2,2H3. The Kier molecular flexibility index (Phi) is 3.12. The van der Waals surface area contributed by atoms with Crippen LogP contribution in [0.2, 0.25) is 0 Å². The lowest BCUT2D eigenvalue weighted by Crippen LogP contribution is -2.31. The number of hydrogen-bond donors (Lipinski definition) is 0. The largest absolute Gasteiger partial charge is 0.295 e. The maximum atomic E-state index is 4.03. The van der Waals surface area contributed by atoms with Crippen LogP contribution in [-0.2, 0) is 0 Å². The van der Waals surface area contributed by atoms with E-state index in [4.69, 9.17) is 0 Å². The summed E-state index contributed by atoms with van der Waals surface area (Å²) in [5.74, 6) is 0. The van der Waals surface area contributed by atoms with E-state index in [-0.39, 0.29) is 20.7 Å². The lowest BCUT2D eigenvalue weighted by Gasteiger charge is -2.29. The van der Waals surface area contributed by atoms with Crippen LogP contribution >= 0.6 is 20.7 Å². The van der Waals surface area contributed by atoms with Crippen LogP contribution in [0.4, 0.5) is 0 Å². The third kappa shape index (κ3) is 2.00. The molecule has 0 radical (unpaired) electrons. The number of likely N-dealkylation sites (tertiary alicyclic amines) is 1. The molecule has 0 aromatic heterocycles.